The van der Waals surface area contributed by atoms with Gasteiger partial charge in [-0.15, -0.1) is 0 Å². The van der Waals surface area contributed by atoms with Crippen LogP contribution in [0, 0.1) is 11.8 Å². The van der Waals surface area contributed by atoms with E-state index in [9.17, 15) is 4.79 Å². The molecule has 2 atom stereocenters. The number of fused-ring (bicyclic) bond motifs is 1. The third-order valence-electron chi connectivity index (χ3n) is 4.35. The molecule has 2 heterocycles. The molecular weight excluding hydrogens is 240 g/mol. The minimum atomic E-state index is 0.210. The Kier molecular flexibility index (Phi) is 3.09. The van der Waals surface area contributed by atoms with Gasteiger partial charge in [-0.05, 0) is 12.1 Å². The standard InChI is InChI=1S/C15H20N2O2/c1-11(18)16-7-12-9-17(10-13(12)8-16)14-4-3-5-15(6-14)19-2/h3-6,12-13H,7-10H2,1-2H3/t12-,13+. The summed E-state index contributed by atoms with van der Waals surface area (Å²) in [5, 5.41) is 0. The van der Waals surface area contributed by atoms with Crippen molar-refractivity contribution in [3.05, 3.63) is 24.3 Å². The Bertz CT molecular complexity index is 475. The predicted octanol–water partition coefficient (Wildman–Crippen LogP) is 1.61. The molecule has 0 bridgehead atoms. The van der Waals surface area contributed by atoms with E-state index in [0.717, 1.165) is 31.9 Å². The Balaban J connectivity index is 1.69. The van der Waals surface area contributed by atoms with Crippen molar-refractivity contribution in [1.29, 1.82) is 0 Å². The number of amides is 1. The molecule has 2 saturated heterocycles. The van der Waals surface area contributed by atoms with Crippen molar-refractivity contribution >= 4 is 11.6 Å². The maximum Gasteiger partial charge on any atom is 0.219 e. The number of rotatable bonds is 2. The van der Waals surface area contributed by atoms with Gasteiger partial charge in [-0.3, -0.25) is 4.79 Å². The predicted molar refractivity (Wildman–Crippen MR) is 74.4 cm³/mol. The van der Waals surface area contributed by atoms with Crippen LogP contribution in [0.2, 0.25) is 0 Å². The summed E-state index contributed by atoms with van der Waals surface area (Å²) in [6.07, 6.45) is 0. The minimum absolute atomic E-state index is 0.210. The van der Waals surface area contributed by atoms with E-state index in [2.05, 4.69) is 17.0 Å². The Morgan fingerprint density at radius 3 is 2.47 bits per heavy atom. The smallest absolute Gasteiger partial charge is 0.219 e. The minimum Gasteiger partial charge on any atom is -0.497 e. The molecule has 0 spiro atoms. The van der Waals surface area contributed by atoms with E-state index in [0.29, 0.717) is 11.8 Å². The molecule has 1 amide bonds. The Morgan fingerprint density at radius 1 is 1.21 bits per heavy atom. The van der Waals surface area contributed by atoms with E-state index in [1.54, 1.807) is 14.0 Å². The summed E-state index contributed by atoms with van der Waals surface area (Å²) in [4.78, 5) is 15.8. The molecule has 0 N–H and O–H groups in total. The van der Waals surface area contributed by atoms with Crippen molar-refractivity contribution in [3.63, 3.8) is 0 Å². The maximum absolute atomic E-state index is 11.4. The lowest BCUT2D eigenvalue weighted by molar-refractivity contribution is -0.128. The largest absolute Gasteiger partial charge is 0.497 e. The highest BCUT2D eigenvalue weighted by molar-refractivity contribution is 5.73. The van der Waals surface area contributed by atoms with Gasteiger partial charge < -0.3 is 14.5 Å². The Labute approximate surface area is 113 Å². The number of carbonyl (C=O) groups is 1. The fraction of sp³-hybridized carbons (Fsp3) is 0.533. The monoisotopic (exact) mass is 260 g/mol. The summed E-state index contributed by atoms with van der Waals surface area (Å²) in [5.74, 6) is 2.35. The van der Waals surface area contributed by atoms with Crippen LogP contribution in [0.25, 0.3) is 0 Å². The molecule has 1 aromatic rings. The van der Waals surface area contributed by atoms with Crippen molar-refractivity contribution in [1.82, 2.24) is 4.90 Å². The zero-order valence-corrected chi connectivity index (χ0v) is 11.5. The number of methoxy groups -OCH3 is 1. The fourth-order valence-corrected chi connectivity index (χ4v) is 3.27. The molecule has 0 radical (unpaired) electrons. The molecule has 3 rings (SSSR count). The van der Waals surface area contributed by atoms with Crippen LogP contribution in [0.15, 0.2) is 24.3 Å². The SMILES string of the molecule is COc1cccc(N2C[C@H]3CN(C(C)=O)C[C@H]3C2)c1. The average molecular weight is 260 g/mol. The van der Waals surface area contributed by atoms with Crippen molar-refractivity contribution in [3.8, 4) is 5.75 Å². The topological polar surface area (TPSA) is 32.8 Å². The molecule has 0 saturated carbocycles. The van der Waals surface area contributed by atoms with Gasteiger partial charge in [-0.25, -0.2) is 0 Å². The first-order valence-electron chi connectivity index (χ1n) is 6.82. The highest BCUT2D eigenvalue weighted by atomic mass is 16.5. The van der Waals surface area contributed by atoms with Gasteiger partial charge in [0.2, 0.25) is 5.91 Å². The average Bonchev–Trinajstić information content (AvgIpc) is 2.96. The van der Waals surface area contributed by atoms with E-state index in [1.165, 1.54) is 5.69 Å². The summed E-state index contributed by atoms with van der Waals surface area (Å²) < 4.78 is 5.28. The summed E-state index contributed by atoms with van der Waals surface area (Å²) in [6, 6.07) is 8.22. The molecule has 4 nitrogen and oxygen atoms in total. The lowest BCUT2D eigenvalue weighted by Gasteiger charge is -2.22. The highest BCUT2D eigenvalue weighted by Crippen LogP contribution is 2.34. The van der Waals surface area contributed by atoms with Crippen LogP contribution in [-0.2, 0) is 4.79 Å². The quantitative estimate of drug-likeness (QED) is 0.810. The lowest BCUT2D eigenvalue weighted by atomic mass is 10.0. The van der Waals surface area contributed by atoms with Crippen LogP contribution < -0.4 is 9.64 Å². The second-order valence-electron chi connectivity index (χ2n) is 5.55. The summed E-state index contributed by atoms with van der Waals surface area (Å²) in [6.45, 7) is 5.59. The van der Waals surface area contributed by atoms with Gasteiger partial charge in [0.1, 0.15) is 5.75 Å². The molecule has 2 aliphatic rings. The first kappa shape index (κ1) is 12.3. The number of hydrogen-bond donors (Lipinski definition) is 0. The molecule has 2 fully saturated rings. The van der Waals surface area contributed by atoms with Crippen LogP contribution in [0.5, 0.6) is 5.75 Å². The van der Waals surface area contributed by atoms with Crippen molar-refractivity contribution in [2.24, 2.45) is 11.8 Å². The van der Waals surface area contributed by atoms with Crippen molar-refractivity contribution < 1.29 is 9.53 Å². The number of carbonyl (C=O) groups excluding carboxylic acids is 1. The second-order valence-corrected chi connectivity index (χ2v) is 5.55. The zero-order valence-electron chi connectivity index (χ0n) is 11.5. The van der Waals surface area contributed by atoms with Crippen molar-refractivity contribution in [2.45, 2.75) is 6.92 Å². The van der Waals surface area contributed by atoms with Crippen LogP contribution in [0.4, 0.5) is 5.69 Å². The number of nitrogens with zero attached hydrogens (tertiary/aromatic N) is 2. The molecule has 4 heteroatoms. The molecule has 1 aromatic carbocycles. The summed E-state index contributed by atoms with van der Waals surface area (Å²) in [5.41, 5.74) is 1.23. The van der Waals surface area contributed by atoms with Crippen molar-refractivity contribution in [2.75, 3.05) is 38.2 Å². The first-order chi connectivity index (χ1) is 9.17. The number of ether oxygens (including phenoxy) is 1. The van der Waals surface area contributed by atoms with E-state index in [4.69, 9.17) is 4.74 Å². The number of anilines is 1. The van der Waals surface area contributed by atoms with Gasteiger partial charge in [-0.1, -0.05) is 6.07 Å². The van der Waals surface area contributed by atoms with Crippen LogP contribution in [-0.4, -0.2) is 44.1 Å². The highest BCUT2D eigenvalue weighted by Gasteiger charge is 2.40. The molecule has 0 aliphatic carbocycles. The van der Waals surface area contributed by atoms with Crippen LogP contribution >= 0.6 is 0 Å². The number of likely N-dealkylation sites (tertiary alicyclic amines) is 1. The van der Waals surface area contributed by atoms with Gasteiger partial charge in [0.15, 0.2) is 0 Å². The van der Waals surface area contributed by atoms with Gasteiger partial charge in [0.25, 0.3) is 0 Å². The van der Waals surface area contributed by atoms with Gasteiger partial charge >= 0.3 is 0 Å². The van der Waals surface area contributed by atoms with E-state index in [1.807, 2.05) is 17.0 Å². The number of benzene rings is 1. The maximum atomic E-state index is 11.4. The first-order valence-corrected chi connectivity index (χ1v) is 6.82. The normalized spacial score (nSPS) is 25.6. The summed E-state index contributed by atoms with van der Waals surface area (Å²) in [7, 11) is 1.70. The van der Waals surface area contributed by atoms with Crippen LogP contribution in [0.1, 0.15) is 6.92 Å². The second kappa shape index (κ2) is 4.76. The zero-order chi connectivity index (χ0) is 13.4. The third kappa shape index (κ3) is 2.27. The van der Waals surface area contributed by atoms with Gasteiger partial charge in [0, 0.05) is 56.7 Å². The molecular formula is C15H20N2O2. The van der Waals surface area contributed by atoms with E-state index >= 15 is 0 Å². The van der Waals surface area contributed by atoms with E-state index in [-0.39, 0.29) is 5.91 Å². The summed E-state index contributed by atoms with van der Waals surface area (Å²) >= 11 is 0. The molecule has 19 heavy (non-hydrogen) atoms. The van der Waals surface area contributed by atoms with Crippen LogP contribution in [0.3, 0.4) is 0 Å². The lowest BCUT2D eigenvalue weighted by Crippen LogP contribution is -2.31. The molecule has 0 aromatic heterocycles. The van der Waals surface area contributed by atoms with Gasteiger partial charge in [-0.2, -0.15) is 0 Å². The van der Waals surface area contributed by atoms with Gasteiger partial charge in [0.05, 0.1) is 7.11 Å². The number of hydrogen-bond acceptors (Lipinski definition) is 3. The molecule has 2 aliphatic heterocycles. The fourth-order valence-electron chi connectivity index (χ4n) is 3.27. The van der Waals surface area contributed by atoms with E-state index < -0.39 is 0 Å². The molecule has 102 valence electrons. The molecule has 0 unspecified atom stereocenters. The Hall–Kier alpha value is -1.71. The third-order valence-corrected chi connectivity index (χ3v) is 4.35. The Morgan fingerprint density at radius 2 is 1.89 bits per heavy atom.